The van der Waals surface area contributed by atoms with Crippen molar-refractivity contribution < 1.29 is 4.79 Å². The molecule has 1 aromatic heterocycles. The molecule has 3 aromatic rings. The Balaban J connectivity index is 1.66. The van der Waals surface area contributed by atoms with Gasteiger partial charge in [0.05, 0.1) is 16.3 Å². The van der Waals surface area contributed by atoms with Crippen molar-refractivity contribution >= 4 is 29.9 Å². The third-order valence-electron chi connectivity index (χ3n) is 5.74. The second-order valence-corrected chi connectivity index (χ2v) is 8.85. The van der Waals surface area contributed by atoms with Crippen LogP contribution in [-0.4, -0.2) is 40.7 Å². The number of carbonyl (C=O) groups is 1. The van der Waals surface area contributed by atoms with Gasteiger partial charge in [0.1, 0.15) is 5.01 Å². The predicted octanol–water partition coefficient (Wildman–Crippen LogP) is 3.98. The van der Waals surface area contributed by atoms with E-state index in [9.17, 15) is 4.79 Å². The molecule has 150 valence electrons. The minimum Gasteiger partial charge on any atom is -0.341 e. The maximum absolute atomic E-state index is 12.5. The highest BCUT2D eigenvalue weighted by atomic mass is 32.1. The number of nitrogens with zero attached hydrogens (tertiary/aromatic N) is 2. The zero-order chi connectivity index (χ0) is 20.3. The van der Waals surface area contributed by atoms with Gasteiger partial charge in [-0.25, -0.2) is 4.98 Å². The fraction of sp³-hybridized carbons (Fsp3) is 0.304. The number of aromatic nitrogens is 1. The zero-order valence-electron chi connectivity index (χ0n) is 16.2. The Morgan fingerprint density at radius 3 is 2.34 bits per heavy atom. The summed E-state index contributed by atoms with van der Waals surface area (Å²) in [5, 5.41) is 1.12. The minimum absolute atomic E-state index is 0.00854. The predicted molar refractivity (Wildman–Crippen MR) is 122 cm³/mol. The van der Waals surface area contributed by atoms with Gasteiger partial charge in [-0.2, -0.15) is 12.6 Å². The van der Waals surface area contributed by atoms with E-state index in [4.69, 9.17) is 10.7 Å². The maximum atomic E-state index is 12.5. The van der Waals surface area contributed by atoms with Gasteiger partial charge >= 0.3 is 0 Å². The lowest BCUT2D eigenvalue weighted by atomic mass is 9.73. The Morgan fingerprint density at radius 1 is 1.10 bits per heavy atom. The van der Waals surface area contributed by atoms with Crippen LogP contribution >= 0.6 is 24.0 Å². The second-order valence-electron chi connectivity index (χ2n) is 7.46. The fourth-order valence-corrected chi connectivity index (χ4v) is 5.38. The number of hydrogen-bond donors (Lipinski definition) is 2. The number of likely N-dealkylation sites (tertiary alicyclic amines) is 1. The first kappa shape index (κ1) is 20.1. The van der Waals surface area contributed by atoms with Gasteiger partial charge < -0.3 is 10.6 Å². The number of benzene rings is 2. The van der Waals surface area contributed by atoms with Gasteiger partial charge in [-0.15, -0.1) is 11.3 Å². The molecule has 2 aromatic carbocycles. The number of hydrogen-bond acceptors (Lipinski definition) is 5. The van der Waals surface area contributed by atoms with Crippen LogP contribution in [0.15, 0.2) is 66.9 Å². The number of amides is 1. The summed E-state index contributed by atoms with van der Waals surface area (Å²) in [4.78, 5) is 20.5. The lowest BCUT2D eigenvalue weighted by molar-refractivity contribution is -0.133. The van der Waals surface area contributed by atoms with E-state index in [1.807, 2.05) is 23.2 Å². The molecule has 0 aliphatic carbocycles. The van der Waals surface area contributed by atoms with Gasteiger partial charge in [-0.05, 0) is 24.0 Å². The zero-order valence-corrected chi connectivity index (χ0v) is 17.9. The van der Waals surface area contributed by atoms with Crippen molar-refractivity contribution in [2.24, 2.45) is 5.73 Å². The van der Waals surface area contributed by atoms with Crippen LogP contribution in [0.2, 0.25) is 0 Å². The van der Waals surface area contributed by atoms with E-state index in [0.29, 0.717) is 18.8 Å². The largest absolute Gasteiger partial charge is 0.341 e. The normalized spacial score (nSPS) is 17.1. The molecular weight excluding hydrogens is 398 g/mol. The average Bonchev–Trinajstić information content (AvgIpc) is 3.30. The van der Waals surface area contributed by atoms with Crippen LogP contribution < -0.4 is 5.73 Å². The molecule has 1 aliphatic rings. The molecule has 6 heteroatoms. The third-order valence-corrected chi connectivity index (χ3v) is 7.39. The molecule has 4 nitrogen and oxygen atoms in total. The molecule has 1 saturated heterocycles. The summed E-state index contributed by atoms with van der Waals surface area (Å²) in [6, 6.07) is 20.4. The molecule has 1 fully saturated rings. The number of rotatable bonds is 5. The summed E-state index contributed by atoms with van der Waals surface area (Å²) in [6.45, 7) is 1.35. The van der Waals surface area contributed by atoms with E-state index in [1.165, 1.54) is 16.0 Å². The van der Waals surface area contributed by atoms with Gasteiger partial charge in [-0.3, -0.25) is 4.79 Å². The molecule has 1 atom stereocenters. The fourth-order valence-electron chi connectivity index (χ4n) is 4.04. The Hall–Kier alpha value is -2.15. The number of thiol groups is 1. The van der Waals surface area contributed by atoms with E-state index < -0.39 is 6.04 Å². The lowest BCUT2D eigenvalue weighted by Gasteiger charge is -2.41. The Kier molecular flexibility index (Phi) is 6.04. The van der Waals surface area contributed by atoms with E-state index in [1.54, 1.807) is 11.3 Å². The monoisotopic (exact) mass is 423 g/mol. The topological polar surface area (TPSA) is 59.2 Å². The highest BCUT2D eigenvalue weighted by Gasteiger charge is 2.41. The number of nitrogens with two attached hydrogens (primary N) is 1. The molecule has 0 saturated carbocycles. The molecule has 0 bridgehead atoms. The third kappa shape index (κ3) is 3.97. The van der Waals surface area contributed by atoms with Crippen LogP contribution in [0.4, 0.5) is 0 Å². The number of carbonyl (C=O) groups excluding carboxylic acids is 1. The number of thiazole rings is 1. The van der Waals surface area contributed by atoms with Crippen molar-refractivity contribution in [3.63, 3.8) is 0 Å². The highest BCUT2D eigenvalue weighted by molar-refractivity contribution is 7.80. The van der Waals surface area contributed by atoms with Gasteiger partial charge in [0.15, 0.2) is 0 Å². The molecule has 1 amide bonds. The first-order valence-corrected chi connectivity index (χ1v) is 11.3. The van der Waals surface area contributed by atoms with E-state index in [0.717, 1.165) is 17.8 Å². The van der Waals surface area contributed by atoms with Crippen LogP contribution in [0.1, 0.15) is 23.4 Å². The second kappa shape index (κ2) is 8.69. The molecule has 29 heavy (non-hydrogen) atoms. The molecule has 0 spiro atoms. The summed E-state index contributed by atoms with van der Waals surface area (Å²) < 4.78 is 0. The van der Waals surface area contributed by atoms with Gasteiger partial charge in [0.25, 0.3) is 0 Å². The SMILES string of the molecule is N[C@@H](CS)C(=O)N1CCC(c2ccccc2)(c2ncc(-c3ccccc3)s2)CC1. The smallest absolute Gasteiger partial charge is 0.240 e. The van der Waals surface area contributed by atoms with Gasteiger partial charge in [0.2, 0.25) is 5.91 Å². The van der Waals surface area contributed by atoms with Crippen molar-refractivity contribution in [3.05, 3.63) is 77.4 Å². The van der Waals surface area contributed by atoms with Crippen LogP contribution in [0, 0.1) is 0 Å². The molecule has 1 aliphatic heterocycles. The van der Waals surface area contributed by atoms with Crippen LogP contribution in [0.25, 0.3) is 10.4 Å². The summed E-state index contributed by atoms with van der Waals surface area (Å²) in [5.41, 5.74) is 8.20. The standard InChI is InChI=1S/C23H25N3OS2/c24-19(16-28)21(27)26-13-11-23(12-14-26,18-9-5-2-6-10-18)22-25-15-20(29-22)17-7-3-1-4-8-17/h1-10,15,19,28H,11-14,16,24H2/t19-/m0/s1. The molecule has 4 rings (SSSR count). The summed E-state index contributed by atoms with van der Waals surface area (Å²) in [5.74, 6) is 0.359. The summed E-state index contributed by atoms with van der Waals surface area (Å²) in [7, 11) is 0. The van der Waals surface area contributed by atoms with Crippen LogP contribution in [-0.2, 0) is 10.2 Å². The summed E-state index contributed by atoms with van der Waals surface area (Å²) in [6.07, 6.45) is 3.65. The van der Waals surface area contributed by atoms with Gasteiger partial charge in [-0.1, -0.05) is 60.7 Å². The van der Waals surface area contributed by atoms with Crippen molar-refractivity contribution in [2.45, 2.75) is 24.3 Å². The molecule has 0 unspecified atom stereocenters. The Bertz CT molecular complexity index is 951. The van der Waals surface area contributed by atoms with Gasteiger partial charge in [0, 0.05) is 25.0 Å². The highest BCUT2D eigenvalue weighted by Crippen LogP contribution is 2.44. The van der Waals surface area contributed by atoms with E-state index in [2.05, 4.69) is 61.2 Å². The maximum Gasteiger partial charge on any atom is 0.240 e. The van der Waals surface area contributed by atoms with Crippen molar-refractivity contribution in [1.29, 1.82) is 0 Å². The quantitative estimate of drug-likeness (QED) is 0.611. The summed E-state index contributed by atoms with van der Waals surface area (Å²) >= 11 is 5.93. The average molecular weight is 424 g/mol. The minimum atomic E-state index is -0.535. The van der Waals surface area contributed by atoms with E-state index >= 15 is 0 Å². The molecule has 2 N–H and O–H groups in total. The Labute approximate surface area is 181 Å². The van der Waals surface area contributed by atoms with E-state index in [-0.39, 0.29) is 11.3 Å². The van der Waals surface area contributed by atoms with Crippen LogP contribution in [0.3, 0.4) is 0 Å². The van der Waals surface area contributed by atoms with Crippen molar-refractivity contribution in [1.82, 2.24) is 9.88 Å². The Morgan fingerprint density at radius 2 is 1.72 bits per heavy atom. The van der Waals surface area contributed by atoms with Crippen LogP contribution in [0.5, 0.6) is 0 Å². The molecular formula is C23H25N3OS2. The van der Waals surface area contributed by atoms with Crippen molar-refractivity contribution in [3.8, 4) is 10.4 Å². The first-order chi connectivity index (χ1) is 14.1. The lowest BCUT2D eigenvalue weighted by Crippen LogP contribution is -2.51. The number of piperidine rings is 1. The molecule has 2 heterocycles. The van der Waals surface area contributed by atoms with Crippen molar-refractivity contribution in [2.75, 3.05) is 18.8 Å². The first-order valence-electron chi connectivity index (χ1n) is 9.86. The molecule has 0 radical (unpaired) electrons.